The van der Waals surface area contributed by atoms with Crippen LogP contribution in [0.4, 0.5) is 0 Å². The van der Waals surface area contributed by atoms with Crippen LogP contribution in [0.3, 0.4) is 0 Å². The number of methoxy groups -OCH3 is 2. The second kappa shape index (κ2) is 8.71. The first-order valence-corrected chi connectivity index (χ1v) is 8.21. The highest BCUT2D eigenvalue weighted by atomic mass is 16.5. The summed E-state index contributed by atoms with van der Waals surface area (Å²) in [7, 11) is 3.33. The molecule has 1 N–H and O–H groups in total. The molecule has 0 saturated heterocycles. The van der Waals surface area contributed by atoms with E-state index < -0.39 is 6.10 Å². The molecule has 0 unspecified atom stereocenters. The van der Waals surface area contributed by atoms with E-state index in [9.17, 15) is 5.11 Å². The van der Waals surface area contributed by atoms with Gasteiger partial charge in [0, 0.05) is 19.1 Å². The second-order valence-corrected chi connectivity index (χ2v) is 6.08. The molecule has 0 bridgehead atoms. The van der Waals surface area contributed by atoms with Crippen LogP contribution in [0.2, 0.25) is 0 Å². The molecule has 0 amide bonds. The quantitative estimate of drug-likeness (QED) is 0.805. The molecule has 2 rings (SSSR count). The van der Waals surface area contributed by atoms with Gasteiger partial charge in [-0.2, -0.15) is 0 Å². The summed E-state index contributed by atoms with van der Waals surface area (Å²) < 4.78 is 10.4. The molecule has 0 fully saturated rings. The van der Waals surface area contributed by atoms with Crippen LogP contribution in [0, 0.1) is 0 Å². The average Bonchev–Trinajstić information content (AvgIpc) is 2.61. The fourth-order valence-electron chi connectivity index (χ4n) is 2.58. The highest BCUT2D eigenvalue weighted by Crippen LogP contribution is 2.19. The Hall–Kier alpha value is -2.04. The number of aliphatic hydroxyl groups is 1. The van der Waals surface area contributed by atoms with Crippen LogP contribution in [0.15, 0.2) is 48.5 Å². The van der Waals surface area contributed by atoms with Crippen LogP contribution in [0.25, 0.3) is 0 Å². The van der Waals surface area contributed by atoms with E-state index in [0.29, 0.717) is 0 Å². The number of hydrogen-bond acceptors (Lipinski definition) is 4. The second-order valence-electron chi connectivity index (χ2n) is 6.08. The van der Waals surface area contributed by atoms with Gasteiger partial charge >= 0.3 is 0 Å². The fraction of sp³-hybridized carbons (Fsp3) is 0.400. The molecule has 0 heterocycles. The molecule has 4 heteroatoms. The van der Waals surface area contributed by atoms with Gasteiger partial charge in [-0.05, 0) is 49.2 Å². The average molecular weight is 329 g/mol. The van der Waals surface area contributed by atoms with E-state index in [1.165, 1.54) is 11.1 Å². The summed E-state index contributed by atoms with van der Waals surface area (Å²) in [6, 6.07) is 16.2. The van der Waals surface area contributed by atoms with Crippen LogP contribution in [0.5, 0.6) is 11.5 Å². The molecule has 2 aromatic rings. The van der Waals surface area contributed by atoms with Gasteiger partial charge in [0.1, 0.15) is 11.5 Å². The molecule has 2 aromatic carbocycles. The highest BCUT2D eigenvalue weighted by molar-refractivity contribution is 5.28. The number of benzene rings is 2. The maximum Gasteiger partial charge on any atom is 0.118 e. The Bertz CT molecular complexity index is 558. The van der Waals surface area contributed by atoms with Gasteiger partial charge in [-0.15, -0.1) is 0 Å². The standard InChI is InChI=1S/C20H27NO3/c1-15(16(2)22)21(13-17-5-9-19(23-3)10-6-17)14-18-7-11-20(24-4)12-8-18/h5-12,15-16,22H,13-14H2,1-4H3/t15-,16+/m1/s1. The summed E-state index contributed by atoms with van der Waals surface area (Å²) in [5.74, 6) is 1.70. The Morgan fingerprint density at radius 1 is 0.792 bits per heavy atom. The van der Waals surface area contributed by atoms with Gasteiger partial charge in [-0.1, -0.05) is 24.3 Å². The monoisotopic (exact) mass is 329 g/mol. The maximum atomic E-state index is 10.0. The van der Waals surface area contributed by atoms with Gasteiger partial charge in [0.15, 0.2) is 0 Å². The molecule has 0 aliphatic heterocycles. The van der Waals surface area contributed by atoms with Gasteiger partial charge in [0.25, 0.3) is 0 Å². The van der Waals surface area contributed by atoms with Crippen molar-refractivity contribution in [2.45, 2.75) is 39.1 Å². The zero-order valence-electron chi connectivity index (χ0n) is 14.9. The van der Waals surface area contributed by atoms with Crippen molar-refractivity contribution in [3.05, 3.63) is 59.7 Å². The summed E-state index contributed by atoms with van der Waals surface area (Å²) in [6.07, 6.45) is -0.401. The fourth-order valence-corrected chi connectivity index (χ4v) is 2.58. The van der Waals surface area contributed by atoms with Crippen LogP contribution in [-0.4, -0.2) is 36.4 Å². The summed E-state index contributed by atoms with van der Waals surface area (Å²) in [5, 5.41) is 10.0. The Kier molecular flexibility index (Phi) is 6.64. The topological polar surface area (TPSA) is 41.9 Å². The van der Waals surface area contributed by atoms with E-state index in [1.807, 2.05) is 31.2 Å². The van der Waals surface area contributed by atoms with Gasteiger partial charge < -0.3 is 14.6 Å². The minimum Gasteiger partial charge on any atom is -0.497 e. The minimum absolute atomic E-state index is 0.0502. The molecular formula is C20H27NO3. The van der Waals surface area contributed by atoms with Crippen molar-refractivity contribution in [3.8, 4) is 11.5 Å². The SMILES string of the molecule is COc1ccc(CN(Cc2ccc(OC)cc2)[C@H](C)[C@H](C)O)cc1. The van der Waals surface area contributed by atoms with E-state index in [2.05, 4.69) is 36.1 Å². The molecule has 0 aliphatic carbocycles. The summed E-state index contributed by atoms with van der Waals surface area (Å²) in [4.78, 5) is 2.27. The number of nitrogens with zero attached hydrogens (tertiary/aromatic N) is 1. The van der Waals surface area contributed by atoms with Crippen molar-refractivity contribution < 1.29 is 14.6 Å². The van der Waals surface area contributed by atoms with Crippen molar-refractivity contribution in [2.75, 3.05) is 14.2 Å². The zero-order valence-corrected chi connectivity index (χ0v) is 14.9. The summed E-state index contributed by atoms with van der Waals surface area (Å²) in [6.45, 7) is 5.42. The van der Waals surface area contributed by atoms with E-state index in [1.54, 1.807) is 14.2 Å². The Balaban J connectivity index is 2.13. The molecule has 0 spiro atoms. The van der Waals surface area contributed by atoms with Crippen molar-refractivity contribution in [2.24, 2.45) is 0 Å². The lowest BCUT2D eigenvalue weighted by Gasteiger charge is -2.31. The molecule has 4 nitrogen and oxygen atoms in total. The van der Waals surface area contributed by atoms with Gasteiger partial charge in [-0.3, -0.25) is 4.90 Å². The van der Waals surface area contributed by atoms with Crippen LogP contribution >= 0.6 is 0 Å². The van der Waals surface area contributed by atoms with E-state index in [0.717, 1.165) is 24.6 Å². The van der Waals surface area contributed by atoms with Gasteiger partial charge in [0.05, 0.1) is 20.3 Å². The van der Waals surface area contributed by atoms with Gasteiger partial charge in [0.2, 0.25) is 0 Å². The molecule has 0 aromatic heterocycles. The molecule has 0 aliphatic rings. The van der Waals surface area contributed by atoms with Crippen molar-refractivity contribution in [1.82, 2.24) is 4.90 Å². The van der Waals surface area contributed by atoms with Crippen molar-refractivity contribution in [3.63, 3.8) is 0 Å². The predicted octanol–water partition coefficient (Wildman–Crippen LogP) is 3.48. The first-order chi connectivity index (χ1) is 11.5. The van der Waals surface area contributed by atoms with Crippen molar-refractivity contribution in [1.29, 1.82) is 0 Å². The van der Waals surface area contributed by atoms with Crippen LogP contribution in [-0.2, 0) is 13.1 Å². The summed E-state index contributed by atoms with van der Waals surface area (Å²) >= 11 is 0. The molecule has 0 radical (unpaired) electrons. The normalized spacial score (nSPS) is 13.6. The number of aliphatic hydroxyl groups excluding tert-OH is 1. The predicted molar refractivity (Wildman–Crippen MR) is 96.4 cm³/mol. The lowest BCUT2D eigenvalue weighted by molar-refractivity contribution is 0.0610. The molecular weight excluding hydrogens is 302 g/mol. The van der Waals surface area contributed by atoms with E-state index in [-0.39, 0.29) is 6.04 Å². The lowest BCUT2D eigenvalue weighted by Crippen LogP contribution is -2.39. The number of ether oxygens (including phenoxy) is 2. The Morgan fingerprint density at radius 2 is 1.17 bits per heavy atom. The zero-order chi connectivity index (χ0) is 17.5. The van der Waals surface area contributed by atoms with Crippen LogP contribution in [0.1, 0.15) is 25.0 Å². The minimum atomic E-state index is -0.401. The number of hydrogen-bond donors (Lipinski definition) is 1. The highest BCUT2D eigenvalue weighted by Gasteiger charge is 2.19. The Labute approximate surface area is 144 Å². The molecule has 2 atom stereocenters. The van der Waals surface area contributed by atoms with Crippen LogP contribution < -0.4 is 9.47 Å². The maximum absolute atomic E-state index is 10.0. The molecule has 24 heavy (non-hydrogen) atoms. The van der Waals surface area contributed by atoms with Crippen molar-refractivity contribution >= 4 is 0 Å². The van der Waals surface area contributed by atoms with Gasteiger partial charge in [-0.25, -0.2) is 0 Å². The molecule has 130 valence electrons. The first-order valence-electron chi connectivity index (χ1n) is 8.21. The number of rotatable bonds is 8. The smallest absolute Gasteiger partial charge is 0.118 e. The van der Waals surface area contributed by atoms with E-state index >= 15 is 0 Å². The third-order valence-corrected chi connectivity index (χ3v) is 4.36. The molecule has 0 saturated carbocycles. The van der Waals surface area contributed by atoms with E-state index in [4.69, 9.17) is 9.47 Å². The largest absolute Gasteiger partial charge is 0.497 e. The first kappa shape index (κ1) is 18.3. The lowest BCUT2D eigenvalue weighted by atomic mass is 10.1. The third-order valence-electron chi connectivity index (χ3n) is 4.36. The Morgan fingerprint density at radius 3 is 1.46 bits per heavy atom. The third kappa shape index (κ3) is 4.98. The summed E-state index contributed by atoms with van der Waals surface area (Å²) in [5.41, 5.74) is 2.38.